The summed E-state index contributed by atoms with van der Waals surface area (Å²) in [5, 5.41) is 11.4. The van der Waals surface area contributed by atoms with Crippen LogP contribution in [0.15, 0.2) is 35.1 Å². The number of ether oxygens (including phenoxy) is 1. The highest BCUT2D eigenvalue weighted by atomic mass is 32.1. The van der Waals surface area contributed by atoms with Gasteiger partial charge in [0.1, 0.15) is 0 Å². The summed E-state index contributed by atoms with van der Waals surface area (Å²) < 4.78 is 7.56. The van der Waals surface area contributed by atoms with Crippen molar-refractivity contribution in [2.24, 2.45) is 0 Å². The van der Waals surface area contributed by atoms with Crippen LogP contribution in [0.2, 0.25) is 0 Å². The molecule has 0 aliphatic carbocycles. The molecule has 3 heterocycles. The number of aromatic nitrogens is 2. The second-order valence-corrected chi connectivity index (χ2v) is 8.68. The maximum absolute atomic E-state index is 13.2. The number of nitrogens with zero attached hydrogens (tertiary/aromatic N) is 4. The largest absolute Gasteiger partial charge is 0.378 e. The number of hydrogen-bond donors (Lipinski definition) is 0. The third kappa shape index (κ3) is 3.35. The minimum Gasteiger partial charge on any atom is -0.378 e. The van der Waals surface area contributed by atoms with E-state index >= 15 is 0 Å². The molecule has 1 fully saturated rings. The molecule has 0 atom stereocenters. The number of anilines is 1. The second-order valence-electron chi connectivity index (χ2n) is 7.67. The van der Waals surface area contributed by atoms with Crippen LogP contribution in [-0.4, -0.2) is 40.6 Å². The number of nitro benzene ring substituents is 1. The number of benzene rings is 2. The first kappa shape index (κ1) is 19.7. The quantitative estimate of drug-likeness (QED) is 0.362. The van der Waals surface area contributed by atoms with Gasteiger partial charge in [0.25, 0.3) is 11.2 Å². The summed E-state index contributed by atoms with van der Waals surface area (Å²) in [7, 11) is 0. The molecule has 0 spiro atoms. The summed E-state index contributed by atoms with van der Waals surface area (Å²) in [6.45, 7) is 6.62. The Morgan fingerprint density at radius 2 is 1.90 bits per heavy atom. The Labute approximate surface area is 181 Å². The summed E-state index contributed by atoms with van der Waals surface area (Å²) in [5.41, 5.74) is 5.14. The molecular formula is C22H20N4O4S. The normalized spacial score (nSPS) is 15.3. The fourth-order valence-electron chi connectivity index (χ4n) is 3.92. The zero-order chi connectivity index (χ0) is 21.7. The topological polar surface area (TPSA) is 90.0 Å². The van der Waals surface area contributed by atoms with Crippen LogP contribution in [0.4, 0.5) is 11.4 Å². The number of aryl methyl sites for hydroxylation is 2. The molecule has 1 aliphatic rings. The Hall–Kier alpha value is -3.30. The molecule has 1 aliphatic heterocycles. The van der Waals surface area contributed by atoms with E-state index in [9.17, 15) is 14.9 Å². The fourth-order valence-corrected chi connectivity index (χ4v) is 4.90. The van der Waals surface area contributed by atoms with Crippen LogP contribution in [0.25, 0.3) is 22.1 Å². The van der Waals surface area contributed by atoms with E-state index in [-0.39, 0.29) is 11.2 Å². The third-order valence-electron chi connectivity index (χ3n) is 5.71. The summed E-state index contributed by atoms with van der Waals surface area (Å²) in [6, 6.07) is 8.75. The van der Waals surface area contributed by atoms with Gasteiger partial charge < -0.3 is 9.64 Å². The van der Waals surface area contributed by atoms with Crippen LogP contribution >= 0.6 is 11.3 Å². The van der Waals surface area contributed by atoms with E-state index in [2.05, 4.69) is 9.88 Å². The van der Waals surface area contributed by atoms with Crippen LogP contribution in [0, 0.1) is 24.0 Å². The van der Waals surface area contributed by atoms with E-state index in [0.29, 0.717) is 41.4 Å². The number of imidazole rings is 1. The molecule has 2 aromatic carbocycles. The summed E-state index contributed by atoms with van der Waals surface area (Å²) in [6.07, 6.45) is 1.74. The van der Waals surface area contributed by atoms with Crippen molar-refractivity contribution in [2.75, 3.05) is 31.2 Å². The Kier molecular flexibility index (Phi) is 4.71. The first-order chi connectivity index (χ1) is 14.9. The van der Waals surface area contributed by atoms with Gasteiger partial charge in [-0.05, 0) is 49.2 Å². The first-order valence-electron chi connectivity index (χ1n) is 9.97. The minimum atomic E-state index is -0.418. The SMILES string of the molecule is Cc1cc2nc3s/c(=C/c4cc([N+](=O)[O-])ccc4N4CCOCC4)c(=O)n3c2cc1C. The van der Waals surface area contributed by atoms with E-state index in [1.807, 2.05) is 26.0 Å². The predicted octanol–water partition coefficient (Wildman–Crippen LogP) is 2.82. The molecule has 31 heavy (non-hydrogen) atoms. The highest BCUT2D eigenvalue weighted by Gasteiger charge is 2.18. The van der Waals surface area contributed by atoms with Gasteiger partial charge in [-0.15, -0.1) is 0 Å². The van der Waals surface area contributed by atoms with Crippen LogP contribution < -0.4 is 15.0 Å². The molecule has 4 aromatic rings. The van der Waals surface area contributed by atoms with Crippen molar-refractivity contribution in [1.82, 2.24) is 9.38 Å². The second kappa shape index (κ2) is 7.44. The molecule has 0 unspecified atom stereocenters. The van der Waals surface area contributed by atoms with Crippen LogP contribution in [0.1, 0.15) is 16.7 Å². The maximum atomic E-state index is 13.2. The number of non-ortho nitro benzene ring substituents is 1. The van der Waals surface area contributed by atoms with Gasteiger partial charge in [0, 0.05) is 36.5 Å². The number of rotatable bonds is 3. The lowest BCUT2D eigenvalue weighted by atomic mass is 10.1. The molecule has 0 radical (unpaired) electrons. The molecule has 0 N–H and O–H groups in total. The molecular weight excluding hydrogens is 416 g/mol. The Morgan fingerprint density at radius 1 is 1.16 bits per heavy atom. The number of nitro groups is 1. The number of thiazole rings is 1. The third-order valence-corrected chi connectivity index (χ3v) is 6.68. The Bertz CT molecular complexity index is 1450. The monoisotopic (exact) mass is 436 g/mol. The van der Waals surface area contributed by atoms with Gasteiger partial charge in [0.05, 0.1) is 33.7 Å². The molecule has 8 nitrogen and oxygen atoms in total. The average molecular weight is 436 g/mol. The predicted molar refractivity (Wildman–Crippen MR) is 121 cm³/mol. The van der Waals surface area contributed by atoms with Crippen molar-refractivity contribution in [3.8, 4) is 0 Å². The number of morpholine rings is 1. The van der Waals surface area contributed by atoms with Gasteiger partial charge in [0.2, 0.25) is 0 Å². The van der Waals surface area contributed by atoms with Gasteiger partial charge in [-0.1, -0.05) is 11.3 Å². The van der Waals surface area contributed by atoms with Gasteiger partial charge in [-0.3, -0.25) is 14.9 Å². The molecule has 0 saturated carbocycles. The zero-order valence-corrected chi connectivity index (χ0v) is 17.9. The molecule has 2 aromatic heterocycles. The van der Waals surface area contributed by atoms with E-state index in [0.717, 1.165) is 27.8 Å². The molecule has 0 amide bonds. The van der Waals surface area contributed by atoms with Gasteiger partial charge in [-0.2, -0.15) is 0 Å². The van der Waals surface area contributed by atoms with E-state index in [1.54, 1.807) is 16.5 Å². The highest BCUT2D eigenvalue weighted by molar-refractivity contribution is 7.15. The van der Waals surface area contributed by atoms with E-state index in [4.69, 9.17) is 4.74 Å². The maximum Gasteiger partial charge on any atom is 0.274 e. The standard InChI is InChI=1S/C22H20N4O4S/c1-13-9-17-19(10-14(13)2)25-21(27)20(31-22(25)23-17)12-15-11-16(26(28)29)3-4-18(15)24-5-7-30-8-6-24/h3-4,9-12H,5-8H2,1-2H3/b20-12+. The van der Waals surface area contributed by atoms with Gasteiger partial charge in [0.15, 0.2) is 4.96 Å². The Balaban J connectivity index is 1.71. The minimum absolute atomic E-state index is 0.00593. The summed E-state index contributed by atoms with van der Waals surface area (Å²) in [4.78, 5) is 31.6. The summed E-state index contributed by atoms with van der Waals surface area (Å²) in [5.74, 6) is 0. The van der Waals surface area contributed by atoms with Crippen molar-refractivity contribution in [2.45, 2.75) is 13.8 Å². The first-order valence-corrected chi connectivity index (χ1v) is 10.8. The smallest absolute Gasteiger partial charge is 0.274 e. The van der Waals surface area contributed by atoms with Crippen molar-refractivity contribution < 1.29 is 9.66 Å². The van der Waals surface area contributed by atoms with E-state index < -0.39 is 4.92 Å². The zero-order valence-electron chi connectivity index (χ0n) is 17.1. The lowest BCUT2D eigenvalue weighted by Gasteiger charge is -2.30. The van der Waals surface area contributed by atoms with Crippen molar-refractivity contribution >= 4 is 44.8 Å². The van der Waals surface area contributed by atoms with Crippen LogP contribution in [0.3, 0.4) is 0 Å². The Morgan fingerprint density at radius 3 is 2.65 bits per heavy atom. The fraction of sp³-hybridized carbons (Fsp3) is 0.273. The summed E-state index contributed by atoms with van der Waals surface area (Å²) >= 11 is 1.30. The number of hydrogen-bond acceptors (Lipinski definition) is 7. The lowest BCUT2D eigenvalue weighted by molar-refractivity contribution is -0.384. The molecule has 0 bridgehead atoms. The average Bonchev–Trinajstić information content (AvgIpc) is 3.25. The molecule has 9 heteroatoms. The number of fused-ring (bicyclic) bond motifs is 3. The van der Waals surface area contributed by atoms with Gasteiger partial charge in [-0.25, -0.2) is 9.38 Å². The molecule has 158 valence electrons. The molecule has 5 rings (SSSR count). The lowest BCUT2D eigenvalue weighted by Crippen LogP contribution is -2.36. The van der Waals surface area contributed by atoms with Crippen LogP contribution in [0.5, 0.6) is 0 Å². The van der Waals surface area contributed by atoms with Gasteiger partial charge >= 0.3 is 0 Å². The van der Waals surface area contributed by atoms with Crippen molar-refractivity contribution in [3.05, 3.63) is 72.0 Å². The van der Waals surface area contributed by atoms with E-state index in [1.165, 1.54) is 23.5 Å². The van der Waals surface area contributed by atoms with Crippen LogP contribution in [-0.2, 0) is 4.74 Å². The highest BCUT2D eigenvalue weighted by Crippen LogP contribution is 2.27. The van der Waals surface area contributed by atoms with Crippen molar-refractivity contribution in [1.29, 1.82) is 0 Å². The molecule has 1 saturated heterocycles. The van der Waals surface area contributed by atoms with Crippen molar-refractivity contribution in [3.63, 3.8) is 0 Å².